The van der Waals surface area contributed by atoms with Crippen LogP contribution in [0.15, 0.2) is 30.3 Å². The molecule has 116 valence electrons. The van der Waals surface area contributed by atoms with Crippen LogP contribution in [0.25, 0.3) is 0 Å². The summed E-state index contributed by atoms with van der Waals surface area (Å²) in [6, 6.07) is 9.73. The van der Waals surface area contributed by atoms with E-state index < -0.39 is 0 Å². The highest BCUT2D eigenvalue weighted by Crippen LogP contribution is 2.12. The lowest BCUT2D eigenvalue weighted by molar-refractivity contribution is -0.118. The number of carbonyl (C=O) groups is 1. The molecule has 2 rings (SSSR count). The Morgan fingerprint density at radius 2 is 2.00 bits per heavy atom. The third kappa shape index (κ3) is 5.12. The standard InChI is InChI=1S/C16H25N3O2/c1-11(2)8-13(17-9-14-15(10-20)19-14)16(21)18-12-6-4-3-5-7-12/h3-7,11,13-15,17,19-20H,8-10H2,1-2H3,(H,18,21)/t13-,14+,15+/m0/s1. The van der Waals surface area contributed by atoms with E-state index in [2.05, 4.69) is 29.8 Å². The number of rotatable bonds is 8. The number of nitrogens with one attached hydrogen (secondary N) is 3. The van der Waals surface area contributed by atoms with E-state index in [-0.39, 0.29) is 30.6 Å². The van der Waals surface area contributed by atoms with E-state index in [0.29, 0.717) is 12.5 Å². The molecule has 0 aliphatic carbocycles. The molecule has 4 N–H and O–H groups in total. The summed E-state index contributed by atoms with van der Waals surface area (Å²) in [6.45, 7) is 5.06. The van der Waals surface area contributed by atoms with Crippen LogP contribution in [0.1, 0.15) is 20.3 Å². The van der Waals surface area contributed by atoms with E-state index in [1.165, 1.54) is 0 Å². The van der Waals surface area contributed by atoms with Crippen LogP contribution < -0.4 is 16.0 Å². The molecular weight excluding hydrogens is 266 g/mol. The van der Waals surface area contributed by atoms with Crippen molar-refractivity contribution in [3.63, 3.8) is 0 Å². The molecule has 0 radical (unpaired) electrons. The van der Waals surface area contributed by atoms with Crippen LogP contribution in [-0.4, -0.2) is 42.3 Å². The van der Waals surface area contributed by atoms with Crippen LogP contribution in [-0.2, 0) is 4.79 Å². The summed E-state index contributed by atoms with van der Waals surface area (Å²) < 4.78 is 0. The first-order valence-electron chi connectivity index (χ1n) is 7.56. The number of aliphatic hydroxyl groups is 1. The normalized spacial score (nSPS) is 22.1. The third-order valence-corrected chi connectivity index (χ3v) is 3.65. The van der Waals surface area contributed by atoms with E-state index >= 15 is 0 Å². The third-order valence-electron chi connectivity index (χ3n) is 3.65. The lowest BCUT2D eigenvalue weighted by Crippen LogP contribution is -2.43. The summed E-state index contributed by atoms with van der Waals surface area (Å²) in [6.07, 6.45) is 0.787. The second-order valence-electron chi connectivity index (χ2n) is 6.01. The molecule has 0 aromatic heterocycles. The number of hydrogen-bond acceptors (Lipinski definition) is 4. The average molecular weight is 291 g/mol. The fourth-order valence-corrected chi connectivity index (χ4v) is 2.38. The fourth-order valence-electron chi connectivity index (χ4n) is 2.38. The summed E-state index contributed by atoms with van der Waals surface area (Å²) in [5.41, 5.74) is 0.816. The molecule has 5 nitrogen and oxygen atoms in total. The van der Waals surface area contributed by atoms with Gasteiger partial charge in [0.2, 0.25) is 5.91 Å². The van der Waals surface area contributed by atoms with Crippen LogP contribution in [0.4, 0.5) is 5.69 Å². The topological polar surface area (TPSA) is 83.3 Å². The molecule has 1 aromatic carbocycles. The van der Waals surface area contributed by atoms with Gasteiger partial charge in [0.15, 0.2) is 0 Å². The predicted octanol–water partition coefficient (Wildman–Crippen LogP) is 0.962. The van der Waals surface area contributed by atoms with E-state index in [0.717, 1.165) is 12.1 Å². The molecule has 1 saturated heterocycles. The number of hydrogen-bond donors (Lipinski definition) is 4. The Balaban J connectivity index is 1.87. The van der Waals surface area contributed by atoms with Crippen molar-refractivity contribution < 1.29 is 9.90 Å². The Morgan fingerprint density at radius 3 is 2.57 bits per heavy atom. The SMILES string of the molecule is CC(C)C[C@H](NC[C@H]1N[C@@H]1CO)C(=O)Nc1ccccc1. The van der Waals surface area contributed by atoms with Crippen molar-refractivity contribution in [2.75, 3.05) is 18.5 Å². The highest BCUT2D eigenvalue weighted by Gasteiger charge is 2.35. The first-order chi connectivity index (χ1) is 10.1. The number of benzene rings is 1. The van der Waals surface area contributed by atoms with Gasteiger partial charge in [0.05, 0.1) is 12.6 Å². The first kappa shape index (κ1) is 15.9. The van der Waals surface area contributed by atoms with Crippen molar-refractivity contribution in [3.8, 4) is 0 Å². The summed E-state index contributed by atoms with van der Waals surface area (Å²) in [5.74, 6) is 0.431. The summed E-state index contributed by atoms with van der Waals surface area (Å²) >= 11 is 0. The van der Waals surface area contributed by atoms with Crippen molar-refractivity contribution >= 4 is 11.6 Å². The minimum absolute atomic E-state index is 0.00361. The Bertz CT molecular complexity index is 450. The van der Waals surface area contributed by atoms with Gasteiger partial charge in [-0.3, -0.25) is 4.79 Å². The quantitative estimate of drug-likeness (QED) is 0.538. The minimum Gasteiger partial charge on any atom is -0.395 e. The zero-order chi connectivity index (χ0) is 15.2. The molecule has 1 aliphatic rings. The Hall–Kier alpha value is -1.43. The van der Waals surface area contributed by atoms with Crippen LogP contribution in [0.3, 0.4) is 0 Å². The van der Waals surface area contributed by atoms with Crippen LogP contribution in [0, 0.1) is 5.92 Å². The Labute approximate surface area is 126 Å². The molecule has 3 atom stereocenters. The number of amides is 1. The smallest absolute Gasteiger partial charge is 0.241 e. The van der Waals surface area contributed by atoms with Gasteiger partial charge >= 0.3 is 0 Å². The Morgan fingerprint density at radius 1 is 1.29 bits per heavy atom. The molecule has 1 heterocycles. The maximum atomic E-state index is 12.4. The largest absolute Gasteiger partial charge is 0.395 e. The predicted molar refractivity (Wildman–Crippen MR) is 84.1 cm³/mol. The Kier molecular flexibility index (Phi) is 5.73. The highest BCUT2D eigenvalue weighted by molar-refractivity contribution is 5.94. The van der Waals surface area contributed by atoms with E-state index in [4.69, 9.17) is 5.11 Å². The van der Waals surface area contributed by atoms with E-state index in [1.807, 2.05) is 30.3 Å². The molecular formula is C16H25N3O2. The fraction of sp³-hybridized carbons (Fsp3) is 0.562. The molecule has 1 aromatic rings. The molecule has 0 spiro atoms. The summed E-state index contributed by atoms with van der Waals surface area (Å²) in [7, 11) is 0. The zero-order valence-electron chi connectivity index (χ0n) is 12.7. The number of carbonyl (C=O) groups excluding carboxylic acids is 1. The minimum atomic E-state index is -0.216. The maximum absolute atomic E-state index is 12.4. The van der Waals surface area contributed by atoms with Gasteiger partial charge < -0.3 is 21.1 Å². The van der Waals surface area contributed by atoms with Gasteiger partial charge in [-0.1, -0.05) is 32.0 Å². The molecule has 0 saturated carbocycles. The molecule has 1 fully saturated rings. The maximum Gasteiger partial charge on any atom is 0.241 e. The van der Waals surface area contributed by atoms with Crippen LogP contribution >= 0.6 is 0 Å². The second-order valence-corrected chi connectivity index (χ2v) is 6.01. The molecule has 1 amide bonds. The monoisotopic (exact) mass is 291 g/mol. The van der Waals surface area contributed by atoms with E-state index in [1.54, 1.807) is 0 Å². The van der Waals surface area contributed by atoms with Crippen molar-refractivity contribution in [2.45, 2.75) is 38.4 Å². The summed E-state index contributed by atoms with van der Waals surface area (Å²) in [4.78, 5) is 12.4. The molecule has 5 heteroatoms. The van der Waals surface area contributed by atoms with E-state index in [9.17, 15) is 4.79 Å². The number of anilines is 1. The van der Waals surface area contributed by atoms with Gasteiger partial charge in [0.25, 0.3) is 0 Å². The number of para-hydroxylation sites is 1. The van der Waals surface area contributed by atoms with Gasteiger partial charge in [-0.05, 0) is 24.5 Å². The second kappa shape index (κ2) is 7.54. The van der Waals surface area contributed by atoms with Crippen LogP contribution in [0.2, 0.25) is 0 Å². The van der Waals surface area contributed by atoms with Crippen molar-refractivity contribution in [1.29, 1.82) is 0 Å². The van der Waals surface area contributed by atoms with Gasteiger partial charge in [-0.25, -0.2) is 0 Å². The lowest BCUT2D eigenvalue weighted by Gasteiger charge is -2.20. The van der Waals surface area contributed by atoms with Gasteiger partial charge in [0.1, 0.15) is 0 Å². The average Bonchev–Trinajstić information content (AvgIpc) is 3.22. The summed E-state index contributed by atoms with van der Waals surface area (Å²) in [5, 5.41) is 18.5. The van der Waals surface area contributed by atoms with Crippen molar-refractivity contribution in [2.24, 2.45) is 5.92 Å². The first-order valence-corrected chi connectivity index (χ1v) is 7.56. The zero-order valence-corrected chi connectivity index (χ0v) is 12.7. The van der Waals surface area contributed by atoms with Crippen molar-refractivity contribution in [3.05, 3.63) is 30.3 Å². The number of aliphatic hydroxyl groups excluding tert-OH is 1. The molecule has 21 heavy (non-hydrogen) atoms. The highest BCUT2D eigenvalue weighted by atomic mass is 16.3. The van der Waals surface area contributed by atoms with Crippen LogP contribution in [0.5, 0.6) is 0 Å². The molecule has 0 bridgehead atoms. The van der Waals surface area contributed by atoms with Gasteiger partial charge in [-0.15, -0.1) is 0 Å². The van der Waals surface area contributed by atoms with Gasteiger partial charge in [0, 0.05) is 24.3 Å². The molecule has 1 aliphatic heterocycles. The lowest BCUT2D eigenvalue weighted by atomic mass is 10.0. The molecule has 0 unspecified atom stereocenters. The van der Waals surface area contributed by atoms with Crippen molar-refractivity contribution in [1.82, 2.24) is 10.6 Å². The van der Waals surface area contributed by atoms with Gasteiger partial charge in [-0.2, -0.15) is 0 Å².